The van der Waals surface area contributed by atoms with Gasteiger partial charge in [0.2, 0.25) is 0 Å². The van der Waals surface area contributed by atoms with Crippen molar-refractivity contribution in [2.45, 2.75) is 25.9 Å². The fraction of sp³-hybridized carbons (Fsp3) is 0.429. The first-order chi connectivity index (χ1) is 10.5. The Labute approximate surface area is 127 Å². The van der Waals surface area contributed by atoms with Crippen LogP contribution in [-0.2, 0) is 16.1 Å². The minimum Gasteiger partial charge on any atom is -0.480 e. The number of carboxylic acids is 1. The highest BCUT2D eigenvalue weighted by Gasteiger charge is 2.20. The van der Waals surface area contributed by atoms with E-state index in [0.29, 0.717) is 0 Å². The summed E-state index contributed by atoms with van der Waals surface area (Å²) in [5.41, 5.74) is -0.389. The van der Waals surface area contributed by atoms with Crippen LogP contribution in [-0.4, -0.2) is 46.5 Å². The van der Waals surface area contributed by atoms with Crippen molar-refractivity contribution in [3.05, 3.63) is 40.3 Å². The van der Waals surface area contributed by atoms with E-state index < -0.39 is 17.9 Å². The molecule has 0 spiro atoms. The molecule has 0 aliphatic rings. The molecule has 1 heterocycles. The fourth-order valence-corrected chi connectivity index (χ4v) is 1.63. The van der Waals surface area contributed by atoms with Crippen molar-refractivity contribution in [1.29, 1.82) is 0 Å². The molecular weight excluding hydrogens is 290 g/mol. The van der Waals surface area contributed by atoms with Gasteiger partial charge in [-0.15, -0.1) is 0 Å². The first-order valence-electron chi connectivity index (χ1n) is 6.71. The van der Waals surface area contributed by atoms with E-state index in [0.717, 1.165) is 4.68 Å². The third-order valence-electron chi connectivity index (χ3n) is 2.82. The molecule has 8 heteroatoms. The predicted molar refractivity (Wildman–Crippen MR) is 78.7 cm³/mol. The van der Waals surface area contributed by atoms with Crippen LogP contribution >= 0.6 is 0 Å². The maximum atomic E-state index is 12.1. The average molecular weight is 309 g/mol. The molecular formula is C14H19N3O5. The highest BCUT2D eigenvalue weighted by Crippen LogP contribution is 1.98. The number of methoxy groups -OCH3 is 1. The Bertz CT molecular complexity index is 609. The molecule has 2 N–H and O–H groups in total. The zero-order valence-electron chi connectivity index (χ0n) is 12.5. The van der Waals surface area contributed by atoms with Crippen LogP contribution in [0.2, 0.25) is 0 Å². The third kappa shape index (κ3) is 5.13. The molecule has 0 saturated carbocycles. The summed E-state index contributed by atoms with van der Waals surface area (Å²) in [7, 11) is 1.49. The summed E-state index contributed by atoms with van der Waals surface area (Å²) in [6, 6.07) is 1.42. The monoisotopic (exact) mass is 309 g/mol. The number of allylic oxidation sites excluding steroid dienone is 1. The first kappa shape index (κ1) is 17.6. The number of carboxylic acid groups (broad SMARTS) is 1. The molecule has 8 nitrogen and oxygen atoms in total. The summed E-state index contributed by atoms with van der Waals surface area (Å²) in [6.45, 7) is 2.24. The van der Waals surface area contributed by atoms with E-state index in [1.807, 2.05) is 0 Å². The Hall–Kier alpha value is -2.48. The van der Waals surface area contributed by atoms with Gasteiger partial charge in [-0.05, 0) is 19.4 Å². The largest absolute Gasteiger partial charge is 0.480 e. The van der Waals surface area contributed by atoms with Crippen molar-refractivity contribution in [3.63, 3.8) is 0 Å². The Morgan fingerprint density at radius 1 is 1.50 bits per heavy atom. The van der Waals surface area contributed by atoms with Crippen LogP contribution in [0, 0.1) is 0 Å². The molecule has 0 aliphatic carbocycles. The quantitative estimate of drug-likeness (QED) is 0.656. The number of rotatable bonds is 8. The second kappa shape index (κ2) is 8.73. The zero-order chi connectivity index (χ0) is 16.5. The summed E-state index contributed by atoms with van der Waals surface area (Å²) < 4.78 is 5.95. The smallest absolute Gasteiger partial charge is 0.326 e. The standard InChI is InChI=1S/C14H19N3O5/c1-3-4-5-11(14(20)21)15-13(19)10-6-7-12(18)17(16-10)8-9-22-2/h3-4,6-7,11H,5,8-9H2,1-2H3,(H,15,19)(H,20,21)/b4-3+. The summed E-state index contributed by atoms with van der Waals surface area (Å²) in [4.78, 5) is 34.7. The van der Waals surface area contributed by atoms with Crippen molar-refractivity contribution in [2.75, 3.05) is 13.7 Å². The molecule has 1 rings (SSSR count). The van der Waals surface area contributed by atoms with Gasteiger partial charge in [-0.1, -0.05) is 12.2 Å². The molecule has 0 fully saturated rings. The van der Waals surface area contributed by atoms with Crippen LogP contribution in [0.3, 0.4) is 0 Å². The number of carbonyl (C=O) groups excluding carboxylic acids is 1. The van der Waals surface area contributed by atoms with Gasteiger partial charge in [0.25, 0.3) is 11.5 Å². The number of ether oxygens (including phenoxy) is 1. The van der Waals surface area contributed by atoms with E-state index in [4.69, 9.17) is 9.84 Å². The first-order valence-corrected chi connectivity index (χ1v) is 6.71. The lowest BCUT2D eigenvalue weighted by Gasteiger charge is -2.12. The van der Waals surface area contributed by atoms with E-state index in [1.54, 1.807) is 19.1 Å². The predicted octanol–water partition coefficient (Wildman–Crippen LogP) is 0.0389. The van der Waals surface area contributed by atoms with E-state index in [2.05, 4.69) is 10.4 Å². The number of hydrogen-bond acceptors (Lipinski definition) is 5. The molecule has 0 bridgehead atoms. The number of nitrogens with one attached hydrogen (secondary N) is 1. The van der Waals surface area contributed by atoms with Gasteiger partial charge in [-0.2, -0.15) is 5.10 Å². The van der Waals surface area contributed by atoms with Gasteiger partial charge in [-0.3, -0.25) is 9.59 Å². The highest BCUT2D eigenvalue weighted by molar-refractivity contribution is 5.94. The molecule has 1 unspecified atom stereocenters. The Kier molecular flexibility index (Phi) is 6.97. The van der Waals surface area contributed by atoms with Gasteiger partial charge < -0.3 is 15.2 Å². The second-order valence-electron chi connectivity index (χ2n) is 4.44. The number of amides is 1. The number of aromatic nitrogens is 2. The van der Waals surface area contributed by atoms with Crippen molar-refractivity contribution in [2.24, 2.45) is 0 Å². The molecule has 120 valence electrons. The van der Waals surface area contributed by atoms with E-state index in [1.165, 1.54) is 19.2 Å². The summed E-state index contributed by atoms with van der Waals surface area (Å²) in [5, 5.41) is 15.3. The molecule has 22 heavy (non-hydrogen) atoms. The number of hydrogen-bond donors (Lipinski definition) is 2. The van der Waals surface area contributed by atoms with E-state index >= 15 is 0 Å². The molecule has 0 saturated heterocycles. The van der Waals surface area contributed by atoms with Crippen molar-refractivity contribution in [1.82, 2.24) is 15.1 Å². The second-order valence-corrected chi connectivity index (χ2v) is 4.44. The minimum absolute atomic E-state index is 0.0255. The lowest BCUT2D eigenvalue weighted by molar-refractivity contribution is -0.139. The minimum atomic E-state index is -1.14. The van der Waals surface area contributed by atoms with Crippen LogP contribution in [0.25, 0.3) is 0 Å². The summed E-state index contributed by atoms with van der Waals surface area (Å²) in [6.07, 6.45) is 3.51. The zero-order valence-corrected chi connectivity index (χ0v) is 12.5. The lowest BCUT2D eigenvalue weighted by Crippen LogP contribution is -2.41. The van der Waals surface area contributed by atoms with Crippen LogP contribution < -0.4 is 10.9 Å². The summed E-state index contributed by atoms with van der Waals surface area (Å²) in [5.74, 6) is -1.79. The number of aliphatic carboxylic acids is 1. The molecule has 0 aromatic carbocycles. The lowest BCUT2D eigenvalue weighted by atomic mass is 10.2. The van der Waals surface area contributed by atoms with E-state index in [-0.39, 0.29) is 30.8 Å². The van der Waals surface area contributed by atoms with Crippen LogP contribution in [0.1, 0.15) is 23.8 Å². The van der Waals surface area contributed by atoms with Gasteiger partial charge in [0.15, 0.2) is 0 Å². The van der Waals surface area contributed by atoms with Crippen LogP contribution in [0.4, 0.5) is 0 Å². The normalized spacial score (nSPS) is 12.3. The van der Waals surface area contributed by atoms with Crippen LogP contribution in [0.5, 0.6) is 0 Å². The van der Waals surface area contributed by atoms with Gasteiger partial charge in [0.05, 0.1) is 13.2 Å². The fourth-order valence-electron chi connectivity index (χ4n) is 1.63. The molecule has 1 atom stereocenters. The maximum absolute atomic E-state index is 12.1. The molecule has 1 amide bonds. The summed E-state index contributed by atoms with van der Waals surface area (Å²) >= 11 is 0. The Balaban J connectivity index is 2.87. The number of carbonyl (C=O) groups is 2. The average Bonchev–Trinajstić information content (AvgIpc) is 2.50. The molecule has 1 aromatic heterocycles. The number of nitrogens with zero attached hydrogens (tertiary/aromatic N) is 2. The molecule has 0 radical (unpaired) electrons. The van der Waals surface area contributed by atoms with Crippen LogP contribution in [0.15, 0.2) is 29.1 Å². The van der Waals surface area contributed by atoms with Gasteiger partial charge in [0, 0.05) is 13.2 Å². The van der Waals surface area contributed by atoms with Gasteiger partial charge in [-0.25, -0.2) is 9.48 Å². The highest BCUT2D eigenvalue weighted by atomic mass is 16.5. The SMILES string of the molecule is C/C=C/CC(NC(=O)c1ccc(=O)n(CCOC)n1)C(=O)O. The molecule has 1 aromatic rings. The Morgan fingerprint density at radius 2 is 2.23 bits per heavy atom. The van der Waals surface area contributed by atoms with Crippen molar-refractivity contribution in [3.8, 4) is 0 Å². The van der Waals surface area contributed by atoms with E-state index in [9.17, 15) is 14.4 Å². The molecule has 0 aliphatic heterocycles. The van der Waals surface area contributed by atoms with Gasteiger partial charge >= 0.3 is 5.97 Å². The van der Waals surface area contributed by atoms with Gasteiger partial charge in [0.1, 0.15) is 11.7 Å². The maximum Gasteiger partial charge on any atom is 0.326 e. The third-order valence-corrected chi connectivity index (χ3v) is 2.82. The van der Waals surface area contributed by atoms with Crippen molar-refractivity contribution < 1.29 is 19.4 Å². The van der Waals surface area contributed by atoms with Crippen molar-refractivity contribution >= 4 is 11.9 Å². The topological polar surface area (TPSA) is 111 Å². The Morgan fingerprint density at radius 3 is 2.82 bits per heavy atom.